The Morgan fingerprint density at radius 2 is 2.00 bits per heavy atom. The molecule has 0 unspecified atom stereocenters. The van der Waals surface area contributed by atoms with Gasteiger partial charge in [-0.25, -0.2) is 0 Å². The maximum absolute atomic E-state index is 13.6. The van der Waals surface area contributed by atoms with Crippen LogP contribution < -0.4 is 0 Å². The van der Waals surface area contributed by atoms with Gasteiger partial charge >= 0.3 is 0 Å². The van der Waals surface area contributed by atoms with E-state index in [0.29, 0.717) is 30.0 Å². The van der Waals surface area contributed by atoms with Crippen molar-refractivity contribution >= 4 is 11.6 Å². The normalized spacial score (nSPS) is 50.1. The molecule has 4 fully saturated rings. The topological polar surface area (TPSA) is 103 Å². The lowest BCUT2D eigenvalue weighted by Gasteiger charge is -2.59. The largest absolute Gasteiger partial charge is 0.393 e. The van der Waals surface area contributed by atoms with Crippen LogP contribution >= 0.6 is 0 Å². The number of Topliss-reactive ketones (excluding diaryl/α,β-unsaturated/α-hetero) is 2. The van der Waals surface area contributed by atoms with Crippen LogP contribution in [0.3, 0.4) is 0 Å². The van der Waals surface area contributed by atoms with Crippen LogP contribution in [-0.2, 0) is 9.59 Å². The number of aliphatic hydroxyl groups is 1. The summed E-state index contributed by atoms with van der Waals surface area (Å²) in [6.07, 6.45) is 5.93. The predicted molar refractivity (Wildman–Crippen MR) is 105 cm³/mol. The molecule has 0 bridgehead atoms. The van der Waals surface area contributed by atoms with Crippen molar-refractivity contribution in [1.82, 2.24) is 0 Å². The molecule has 4 saturated carbocycles. The van der Waals surface area contributed by atoms with Crippen molar-refractivity contribution in [1.29, 1.82) is 0 Å². The smallest absolute Gasteiger partial charge is 0.142 e. The van der Waals surface area contributed by atoms with E-state index in [0.717, 1.165) is 38.5 Å². The molecule has 0 aromatic rings. The Hall–Kier alpha value is -1.39. The number of rotatable bonds is 3. The monoisotopic (exact) mass is 387 g/mol. The van der Waals surface area contributed by atoms with E-state index in [1.807, 2.05) is 0 Å². The van der Waals surface area contributed by atoms with Crippen molar-refractivity contribution in [3.8, 4) is 0 Å². The summed E-state index contributed by atoms with van der Waals surface area (Å²) in [7, 11) is 0. The standard InChI is InChI=1S/C22H33N3O3/c1-12-8-16-15-5-4-13-9-14(26)6-7-21(13,2)20(15)17(27)10-22(16,3)19(12)18(28)11-24-25-23/h12-16,19-20,26H,4-11H2,1-3H3/t12-,13+,14-,15+,16+,19-,20-,21+,22+/m1/s1. The van der Waals surface area contributed by atoms with Gasteiger partial charge in [0.05, 0.1) is 12.6 Å². The van der Waals surface area contributed by atoms with Gasteiger partial charge < -0.3 is 5.11 Å². The minimum atomic E-state index is -0.308. The van der Waals surface area contributed by atoms with E-state index < -0.39 is 0 Å². The number of aliphatic hydroxyl groups excluding tert-OH is 1. The summed E-state index contributed by atoms with van der Waals surface area (Å²) in [5, 5.41) is 13.7. The quantitative estimate of drug-likeness (QED) is 0.443. The summed E-state index contributed by atoms with van der Waals surface area (Å²) in [5.41, 5.74) is 8.30. The molecule has 4 aliphatic carbocycles. The number of fused-ring (bicyclic) bond motifs is 5. The van der Waals surface area contributed by atoms with Crippen LogP contribution in [0.15, 0.2) is 5.11 Å². The van der Waals surface area contributed by atoms with E-state index in [1.54, 1.807) is 0 Å². The number of azide groups is 1. The molecular formula is C22H33N3O3. The third-order valence-corrected chi connectivity index (χ3v) is 9.30. The minimum Gasteiger partial charge on any atom is -0.393 e. The van der Waals surface area contributed by atoms with Crippen LogP contribution in [0.2, 0.25) is 0 Å². The van der Waals surface area contributed by atoms with Crippen molar-refractivity contribution in [3.05, 3.63) is 10.4 Å². The summed E-state index contributed by atoms with van der Waals surface area (Å²) in [6.45, 7) is 6.47. The van der Waals surface area contributed by atoms with Crippen molar-refractivity contribution < 1.29 is 14.7 Å². The van der Waals surface area contributed by atoms with Crippen molar-refractivity contribution in [2.75, 3.05) is 6.54 Å². The Labute approximate surface area is 167 Å². The molecule has 6 nitrogen and oxygen atoms in total. The van der Waals surface area contributed by atoms with E-state index in [4.69, 9.17) is 5.53 Å². The average Bonchev–Trinajstić information content (AvgIpc) is 2.89. The highest BCUT2D eigenvalue weighted by Gasteiger charge is 2.65. The van der Waals surface area contributed by atoms with Crippen LogP contribution in [0.25, 0.3) is 10.4 Å². The minimum absolute atomic E-state index is 0.00207. The third-order valence-electron chi connectivity index (χ3n) is 9.30. The van der Waals surface area contributed by atoms with Gasteiger partial charge in [-0.1, -0.05) is 25.9 Å². The van der Waals surface area contributed by atoms with Gasteiger partial charge in [0.2, 0.25) is 0 Å². The maximum Gasteiger partial charge on any atom is 0.142 e. The number of hydrogen-bond acceptors (Lipinski definition) is 4. The van der Waals surface area contributed by atoms with Gasteiger partial charge in [-0.05, 0) is 78.6 Å². The Kier molecular flexibility index (Phi) is 4.86. The molecule has 28 heavy (non-hydrogen) atoms. The van der Waals surface area contributed by atoms with Gasteiger partial charge in [0.15, 0.2) is 0 Å². The summed E-state index contributed by atoms with van der Waals surface area (Å²) >= 11 is 0. The highest BCUT2D eigenvalue weighted by molar-refractivity contribution is 5.88. The van der Waals surface area contributed by atoms with E-state index in [1.165, 1.54) is 0 Å². The third kappa shape index (κ3) is 2.75. The number of carbonyl (C=O) groups excluding carboxylic acids is 2. The molecule has 1 N–H and O–H groups in total. The summed E-state index contributed by atoms with van der Waals surface area (Å²) in [6, 6.07) is 0. The molecule has 0 saturated heterocycles. The second-order valence-corrected chi connectivity index (χ2v) is 10.7. The highest BCUT2D eigenvalue weighted by atomic mass is 16.3. The first-order valence-electron chi connectivity index (χ1n) is 11.0. The Balaban J connectivity index is 1.66. The molecule has 4 rings (SSSR count). The first-order valence-corrected chi connectivity index (χ1v) is 11.0. The molecule has 0 aliphatic heterocycles. The molecule has 0 heterocycles. The van der Waals surface area contributed by atoms with Crippen LogP contribution in [0.1, 0.15) is 65.7 Å². The fourth-order valence-electron chi connectivity index (χ4n) is 8.31. The second-order valence-electron chi connectivity index (χ2n) is 10.7. The Morgan fingerprint density at radius 1 is 1.25 bits per heavy atom. The zero-order valence-corrected chi connectivity index (χ0v) is 17.3. The van der Waals surface area contributed by atoms with Gasteiger partial charge in [-0.2, -0.15) is 0 Å². The lowest BCUT2D eigenvalue weighted by Crippen LogP contribution is -2.58. The van der Waals surface area contributed by atoms with E-state index in [2.05, 4.69) is 30.8 Å². The van der Waals surface area contributed by atoms with Crippen LogP contribution in [-0.4, -0.2) is 29.3 Å². The molecule has 0 aromatic heterocycles. The predicted octanol–water partition coefficient (Wildman–Crippen LogP) is 4.31. The summed E-state index contributed by atoms with van der Waals surface area (Å²) in [5.74, 6) is 1.62. The van der Waals surface area contributed by atoms with Crippen LogP contribution in [0.5, 0.6) is 0 Å². The van der Waals surface area contributed by atoms with Crippen molar-refractivity contribution in [2.24, 2.45) is 51.5 Å². The van der Waals surface area contributed by atoms with Gasteiger partial charge in [-0.15, -0.1) is 0 Å². The fraction of sp³-hybridized carbons (Fsp3) is 0.909. The molecule has 154 valence electrons. The fourth-order valence-corrected chi connectivity index (χ4v) is 8.31. The van der Waals surface area contributed by atoms with E-state index in [9.17, 15) is 14.7 Å². The molecule has 4 aliphatic rings. The highest BCUT2D eigenvalue weighted by Crippen LogP contribution is 2.67. The molecule has 9 atom stereocenters. The molecule has 0 radical (unpaired) electrons. The number of carbonyl (C=O) groups is 2. The Bertz CT molecular complexity index is 733. The molecule has 0 spiro atoms. The second kappa shape index (κ2) is 6.84. The van der Waals surface area contributed by atoms with Gasteiger partial charge in [0.25, 0.3) is 0 Å². The molecule has 6 heteroatoms. The maximum atomic E-state index is 13.6. The first-order chi connectivity index (χ1) is 13.2. The lowest BCUT2D eigenvalue weighted by molar-refractivity contribution is -0.162. The zero-order chi connectivity index (χ0) is 20.3. The molecule has 0 aromatic carbocycles. The average molecular weight is 388 g/mol. The van der Waals surface area contributed by atoms with Crippen LogP contribution in [0.4, 0.5) is 0 Å². The van der Waals surface area contributed by atoms with E-state index >= 15 is 0 Å². The van der Waals surface area contributed by atoms with Crippen molar-refractivity contribution in [2.45, 2.75) is 71.8 Å². The summed E-state index contributed by atoms with van der Waals surface area (Å²) in [4.78, 5) is 29.2. The molecular weight excluding hydrogens is 354 g/mol. The number of hydrogen-bond donors (Lipinski definition) is 1. The van der Waals surface area contributed by atoms with Gasteiger partial charge in [0, 0.05) is 23.2 Å². The number of ketones is 2. The molecule has 0 amide bonds. The van der Waals surface area contributed by atoms with E-state index in [-0.39, 0.29) is 47.0 Å². The summed E-state index contributed by atoms with van der Waals surface area (Å²) < 4.78 is 0. The lowest BCUT2D eigenvalue weighted by atomic mass is 9.44. The Morgan fingerprint density at radius 3 is 2.71 bits per heavy atom. The van der Waals surface area contributed by atoms with Crippen molar-refractivity contribution in [3.63, 3.8) is 0 Å². The zero-order valence-electron chi connectivity index (χ0n) is 17.3. The van der Waals surface area contributed by atoms with Gasteiger partial charge in [0.1, 0.15) is 11.6 Å². The number of nitrogens with zero attached hydrogens (tertiary/aromatic N) is 3. The SMILES string of the molecule is C[C@@H]1C[C@H]2[C@@H]3CC[C@H]4C[C@H](O)CC[C@]4(C)[C@H]3C(=O)C[C@]2(C)[C@H]1C(=O)CN=[N+]=[N-]. The van der Waals surface area contributed by atoms with Gasteiger partial charge in [-0.3, -0.25) is 9.59 Å². The first kappa shape index (κ1) is 19.9. The van der Waals surface area contributed by atoms with Crippen LogP contribution in [0, 0.1) is 46.3 Å².